The minimum Gasteiger partial charge on any atom is -0.454 e. The van der Waals surface area contributed by atoms with Gasteiger partial charge in [-0.05, 0) is 47.6 Å². The summed E-state index contributed by atoms with van der Waals surface area (Å²) < 4.78 is 14.8. The highest BCUT2D eigenvalue weighted by molar-refractivity contribution is 6.67. The molecule has 4 rings (SSSR count). The van der Waals surface area contributed by atoms with Gasteiger partial charge in [-0.1, -0.05) is 47.8 Å². The van der Waals surface area contributed by atoms with Gasteiger partial charge in [-0.2, -0.15) is 0 Å². The molecule has 9 heteroatoms. The van der Waals surface area contributed by atoms with Crippen LogP contribution in [0.3, 0.4) is 0 Å². The number of fused-ring (bicyclic) bond motifs is 4. The molecule has 0 spiro atoms. The van der Waals surface area contributed by atoms with Crippen LogP contribution in [-0.4, -0.2) is 40.1 Å². The van der Waals surface area contributed by atoms with Gasteiger partial charge in [0.2, 0.25) is 10.6 Å². The highest BCUT2D eigenvalue weighted by Crippen LogP contribution is 2.48. The quantitative estimate of drug-likeness (QED) is 0.406. The highest BCUT2D eigenvalue weighted by Gasteiger charge is 2.44. The molecule has 1 amide bonds. The van der Waals surface area contributed by atoms with Crippen molar-refractivity contribution in [2.45, 2.75) is 42.1 Å². The van der Waals surface area contributed by atoms with E-state index in [-0.39, 0.29) is 25.4 Å². The molecule has 3 unspecified atom stereocenters. The number of allylic oxidation sites excluding steroid dienone is 1. The van der Waals surface area contributed by atoms with E-state index in [0.717, 1.165) is 23.3 Å². The van der Waals surface area contributed by atoms with Crippen molar-refractivity contribution in [2.24, 2.45) is 5.92 Å². The van der Waals surface area contributed by atoms with E-state index in [1.807, 2.05) is 6.07 Å². The van der Waals surface area contributed by atoms with Crippen molar-refractivity contribution in [3.63, 3.8) is 0 Å². The van der Waals surface area contributed by atoms with Gasteiger partial charge in [-0.3, -0.25) is 4.90 Å². The SMILES string of the molecule is CC1C=C(CCCl)C2C(C1)c1cc3c(cc1CN2C(=O)OCC(Cl)(Cl)Cl)OCO3. The van der Waals surface area contributed by atoms with E-state index < -0.39 is 9.89 Å². The van der Waals surface area contributed by atoms with E-state index in [1.54, 1.807) is 4.90 Å². The predicted molar refractivity (Wildman–Crippen MR) is 113 cm³/mol. The molecular formula is C20H21Cl4NO4. The molecule has 0 aromatic heterocycles. The number of ether oxygens (including phenoxy) is 3. The molecular weight excluding hydrogens is 460 g/mol. The van der Waals surface area contributed by atoms with Crippen LogP contribution < -0.4 is 9.47 Å². The first-order valence-electron chi connectivity index (χ1n) is 9.46. The summed E-state index contributed by atoms with van der Waals surface area (Å²) in [5.74, 6) is 2.39. The van der Waals surface area contributed by atoms with Crippen LogP contribution in [0.15, 0.2) is 23.8 Å². The highest BCUT2D eigenvalue weighted by atomic mass is 35.6. The molecule has 0 N–H and O–H groups in total. The fourth-order valence-corrected chi connectivity index (χ4v) is 4.92. The Morgan fingerprint density at radius 1 is 1.28 bits per heavy atom. The Morgan fingerprint density at radius 3 is 2.69 bits per heavy atom. The van der Waals surface area contributed by atoms with Gasteiger partial charge in [0, 0.05) is 11.8 Å². The van der Waals surface area contributed by atoms with Gasteiger partial charge in [0.15, 0.2) is 11.5 Å². The number of nitrogens with zero attached hydrogens (tertiary/aromatic N) is 1. The van der Waals surface area contributed by atoms with Crippen LogP contribution in [0.4, 0.5) is 4.79 Å². The van der Waals surface area contributed by atoms with Crippen molar-refractivity contribution in [3.8, 4) is 11.5 Å². The van der Waals surface area contributed by atoms with Crippen molar-refractivity contribution in [1.29, 1.82) is 0 Å². The maximum Gasteiger partial charge on any atom is 0.410 e. The van der Waals surface area contributed by atoms with Gasteiger partial charge in [0.25, 0.3) is 0 Å². The number of benzene rings is 1. The second kappa shape index (κ2) is 8.26. The van der Waals surface area contributed by atoms with E-state index in [1.165, 1.54) is 5.56 Å². The average molecular weight is 481 g/mol. The Hall–Kier alpha value is -1.01. The van der Waals surface area contributed by atoms with E-state index in [2.05, 4.69) is 19.1 Å². The first kappa shape index (κ1) is 21.2. The summed E-state index contributed by atoms with van der Waals surface area (Å²) >= 11 is 23.4. The van der Waals surface area contributed by atoms with E-state index >= 15 is 0 Å². The molecule has 0 saturated carbocycles. The third kappa shape index (κ3) is 4.39. The molecule has 1 aliphatic carbocycles. The zero-order chi connectivity index (χ0) is 20.8. The van der Waals surface area contributed by atoms with Gasteiger partial charge in [-0.15, -0.1) is 11.6 Å². The molecule has 29 heavy (non-hydrogen) atoms. The van der Waals surface area contributed by atoms with E-state index in [0.29, 0.717) is 30.5 Å². The van der Waals surface area contributed by atoms with E-state index in [4.69, 9.17) is 60.6 Å². The van der Waals surface area contributed by atoms with Gasteiger partial charge in [-0.25, -0.2) is 4.79 Å². The Kier molecular flexibility index (Phi) is 6.04. The molecule has 0 bridgehead atoms. The molecule has 0 radical (unpaired) electrons. The molecule has 2 aliphatic heterocycles. The monoisotopic (exact) mass is 479 g/mol. The van der Waals surface area contributed by atoms with Crippen LogP contribution >= 0.6 is 46.4 Å². The molecule has 3 aliphatic rings. The molecule has 2 heterocycles. The third-order valence-corrected chi connectivity index (χ3v) is 6.09. The molecule has 3 atom stereocenters. The zero-order valence-electron chi connectivity index (χ0n) is 15.8. The number of hydrogen-bond acceptors (Lipinski definition) is 4. The number of hydrogen-bond donors (Lipinski definition) is 0. The summed E-state index contributed by atoms with van der Waals surface area (Å²) in [4.78, 5) is 14.7. The zero-order valence-corrected chi connectivity index (χ0v) is 18.8. The van der Waals surface area contributed by atoms with Crippen molar-refractivity contribution < 1.29 is 19.0 Å². The largest absolute Gasteiger partial charge is 0.454 e. The topological polar surface area (TPSA) is 48.0 Å². The van der Waals surface area contributed by atoms with Gasteiger partial charge in [0.1, 0.15) is 6.61 Å². The van der Waals surface area contributed by atoms with Crippen LogP contribution in [0.25, 0.3) is 0 Å². The van der Waals surface area contributed by atoms with Crippen molar-refractivity contribution >= 4 is 52.5 Å². The lowest BCUT2D eigenvalue weighted by atomic mass is 9.71. The fourth-order valence-electron chi connectivity index (χ4n) is 4.54. The number of carbonyl (C=O) groups excluding carboxylic acids is 1. The number of alkyl halides is 4. The summed E-state index contributed by atoms with van der Waals surface area (Å²) in [6.45, 7) is 2.44. The average Bonchev–Trinajstić information content (AvgIpc) is 3.10. The summed E-state index contributed by atoms with van der Waals surface area (Å²) in [5, 5.41) is 0. The molecule has 5 nitrogen and oxygen atoms in total. The van der Waals surface area contributed by atoms with Crippen molar-refractivity contribution in [1.82, 2.24) is 4.90 Å². The maximum absolute atomic E-state index is 13.0. The second-order valence-corrected chi connectivity index (χ2v) is 10.5. The first-order chi connectivity index (χ1) is 13.8. The molecule has 1 aromatic carbocycles. The normalized spacial score (nSPS) is 25.2. The summed E-state index contributed by atoms with van der Waals surface area (Å²) in [5.41, 5.74) is 3.33. The lowest BCUT2D eigenvalue weighted by Crippen LogP contribution is -2.50. The van der Waals surface area contributed by atoms with Crippen LogP contribution in [0.5, 0.6) is 11.5 Å². The number of amides is 1. The standard InChI is InChI=1S/C20H21Cl4NO4/c1-11-4-12(2-3-21)18-15(5-11)14-7-17-16(28-10-29-17)6-13(14)8-25(18)19(26)27-9-20(22,23)24/h4,6-7,11,15,18H,2-3,5,8-10H2,1H3. The van der Waals surface area contributed by atoms with Crippen LogP contribution in [0.1, 0.15) is 36.8 Å². The predicted octanol–water partition coefficient (Wildman–Crippen LogP) is 5.79. The molecule has 158 valence electrons. The van der Waals surface area contributed by atoms with Crippen LogP contribution in [0, 0.1) is 5.92 Å². The Balaban J connectivity index is 1.72. The van der Waals surface area contributed by atoms with Crippen molar-refractivity contribution in [3.05, 3.63) is 34.9 Å². The van der Waals surface area contributed by atoms with Gasteiger partial charge in [0.05, 0.1) is 12.6 Å². The fraction of sp³-hybridized carbons (Fsp3) is 0.550. The van der Waals surface area contributed by atoms with Gasteiger partial charge >= 0.3 is 6.09 Å². The molecule has 0 fully saturated rings. The minimum absolute atomic E-state index is 0.103. The van der Waals surface area contributed by atoms with Gasteiger partial charge < -0.3 is 14.2 Å². The summed E-state index contributed by atoms with van der Waals surface area (Å²) in [6, 6.07) is 3.85. The number of rotatable bonds is 3. The Morgan fingerprint density at radius 2 is 2.00 bits per heavy atom. The van der Waals surface area contributed by atoms with Crippen molar-refractivity contribution in [2.75, 3.05) is 19.3 Å². The maximum atomic E-state index is 13.0. The Bertz CT molecular complexity index is 839. The molecule has 0 saturated heterocycles. The number of halogens is 4. The Labute approximate surface area is 189 Å². The lowest BCUT2D eigenvalue weighted by molar-refractivity contribution is 0.0755. The van der Waals surface area contributed by atoms with Crippen LogP contribution in [-0.2, 0) is 11.3 Å². The second-order valence-electron chi connectivity index (χ2n) is 7.65. The number of carbonyl (C=O) groups is 1. The minimum atomic E-state index is -1.66. The lowest BCUT2D eigenvalue weighted by Gasteiger charge is -2.46. The third-order valence-electron chi connectivity index (χ3n) is 5.57. The van der Waals surface area contributed by atoms with Crippen LogP contribution in [0.2, 0.25) is 0 Å². The smallest absolute Gasteiger partial charge is 0.410 e. The molecule has 1 aromatic rings. The summed E-state index contributed by atoms with van der Waals surface area (Å²) in [7, 11) is 0. The summed E-state index contributed by atoms with van der Waals surface area (Å²) in [6.07, 6.45) is 3.31. The van der Waals surface area contributed by atoms with E-state index in [9.17, 15) is 4.79 Å². The first-order valence-corrected chi connectivity index (χ1v) is 11.1.